The predicted octanol–water partition coefficient (Wildman–Crippen LogP) is 17.6. The molecule has 2 N–H and O–H groups in total. The average Bonchev–Trinajstić information content (AvgIpc) is 4.30. The Hall–Kier alpha value is -10.2. The van der Waals surface area contributed by atoms with Gasteiger partial charge in [0.05, 0.1) is 44.1 Å². The molecule has 0 atom stereocenters. The van der Waals surface area contributed by atoms with Crippen molar-refractivity contribution in [1.82, 2.24) is 19.9 Å². The predicted molar refractivity (Wildman–Crippen MR) is 308 cm³/mol. The molecule has 0 radical (unpaired) electrons. The Morgan fingerprint density at radius 2 is 0.533 bits per heavy atom. The van der Waals surface area contributed by atoms with E-state index in [4.69, 9.17) is 9.97 Å². The molecule has 2 aliphatic rings. The Kier molecular flexibility index (Phi) is 11.4. The largest absolute Gasteiger partial charge is 0.353 e. The van der Waals surface area contributed by atoms with Gasteiger partial charge >= 0.3 is 0 Å². The first-order chi connectivity index (χ1) is 37.1. The molecule has 5 heterocycles. The van der Waals surface area contributed by atoms with Gasteiger partial charge in [0.2, 0.25) is 0 Å². The van der Waals surface area contributed by atoms with Gasteiger partial charge in [-0.25, -0.2) is 9.97 Å². The van der Waals surface area contributed by atoms with Crippen molar-refractivity contribution in [3.05, 3.63) is 276 Å². The van der Waals surface area contributed by atoms with Crippen LogP contribution in [0.4, 0.5) is 0 Å². The molecular weight excluding hydrogens is 919 g/mol. The third-order valence-electron chi connectivity index (χ3n) is 14.1. The molecule has 3 aromatic heterocycles. The van der Waals surface area contributed by atoms with Crippen molar-refractivity contribution in [2.75, 3.05) is 0 Å². The van der Waals surface area contributed by atoms with Gasteiger partial charge in [0.15, 0.2) is 5.69 Å². The summed E-state index contributed by atoms with van der Waals surface area (Å²) in [5.74, 6) is 0. The Labute approximate surface area is 433 Å². The summed E-state index contributed by atoms with van der Waals surface area (Å²) in [6.07, 6.45) is 5.92. The molecular formula is C68H45N5O2. The lowest BCUT2D eigenvalue weighted by atomic mass is 9.91. The van der Waals surface area contributed by atoms with E-state index in [2.05, 4.69) is 168 Å². The molecule has 75 heavy (non-hydrogen) atoms. The number of nitro groups is 1. The number of benzene rings is 8. The molecule has 8 bridgehead atoms. The Morgan fingerprint density at radius 3 is 0.813 bits per heavy atom. The van der Waals surface area contributed by atoms with Crippen LogP contribution in [0.1, 0.15) is 22.8 Å². The zero-order valence-electron chi connectivity index (χ0n) is 40.5. The maximum absolute atomic E-state index is 14.1. The van der Waals surface area contributed by atoms with E-state index >= 15 is 0 Å². The van der Waals surface area contributed by atoms with Gasteiger partial charge in [-0.2, -0.15) is 0 Å². The Bertz CT molecular complexity index is 4190. The minimum Gasteiger partial charge on any atom is -0.353 e. The standard InChI is InChI=1S/C68H45N5O2/c74-73(75)55-43-54-58(46-29-13-3-14-30-46)67-60(48-33-17-5-18-34-48)59(47-31-15-4-16-32-47)65(71-67)56(44-25-9-1-10-26-44)52-41-42-53(69-52)57(45-27-11-2-12-28-45)66-61(49-35-19-6-20-36-49)62(50-37-21-7-22-38-50)68(72-66)63(64(55)70-54)51-39-23-8-24-40-51/h1-43,71-72H. The van der Waals surface area contributed by atoms with Crippen LogP contribution in [0.3, 0.4) is 0 Å². The first kappa shape index (κ1) is 44.7. The highest BCUT2D eigenvalue weighted by molar-refractivity contribution is 6.15. The third-order valence-corrected chi connectivity index (χ3v) is 14.1. The SMILES string of the molecule is O=[N+]([O-])C1=Cc2nc1c(-c1ccccc1)c1[nH]c(c(-c3ccccc3)c3nc(c(-c4ccccc4)c4[nH]c(c2-c2ccccc2)c(-c2ccccc2)c4-c2ccccc2)C=C3)c(-c2ccccc2)c1-c1ccccc1. The third kappa shape index (κ3) is 7.96. The molecule has 0 fully saturated rings. The van der Waals surface area contributed by atoms with Crippen molar-refractivity contribution in [1.29, 1.82) is 0 Å². The van der Waals surface area contributed by atoms with Gasteiger partial charge in [-0.3, -0.25) is 10.1 Å². The van der Waals surface area contributed by atoms with Gasteiger partial charge in [-0.1, -0.05) is 243 Å². The highest BCUT2D eigenvalue weighted by Crippen LogP contribution is 2.51. The molecule has 7 heteroatoms. The van der Waals surface area contributed by atoms with E-state index in [1.807, 2.05) is 97.1 Å². The monoisotopic (exact) mass is 963 g/mol. The van der Waals surface area contributed by atoms with Crippen LogP contribution in [0.15, 0.2) is 243 Å². The van der Waals surface area contributed by atoms with E-state index in [-0.39, 0.29) is 16.3 Å². The average molecular weight is 964 g/mol. The lowest BCUT2D eigenvalue weighted by Gasteiger charge is -2.11. The van der Waals surface area contributed by atoms with E-state index < -0.39 is 0 Å². The van der Waals surface area contributed by atoms with E-state index in [0.717, 1.165) is 106 Å². The molecule has 0 aliphatic carbocycles. The van der Waals surface area contributed by atoms with E-state index in [0.29, 0.717) is 22.3 Å². The quantitative estimate of drug-likeness (QED) is 0.111. The summed E-state index contributed by atoms with van der Waals surface area (Å²) in [4.78, 5) is 33.3. The molecule has 13 rings (SSSR count). The van der Waals surface area contributed by atoms with Crippen molar-refractivity contribution in [3.8, 4) is 89.0 Å². The number of hydrogen-bond acceptors (Lipinski definition) is 4. The first-order valence-corrected chi connectivity index (χ1v) is 25.0. The molecule has 354 valence electrons. The Morgan fingerprint density at radius 1 is 0.293 bits per heavy atom. The highest BCUT2D eigenvalue weighted by Gasteiger charge is 2.33. The van der Waals surface area contributed by atoms with Gasteiger partial charge < -0.3 is 9.97 Å². The van der Waals surface area contributed by atoms with Crippen LogP contribution in [0, 0.1) is 10.1 Å². The number of hydrogen-bond donors (Lipinski definition) is 2. The summed E-state index contributed by atoms with van der Waals surface area (Å²) in [6.45, 7) is 0. The second kappa shape index (κ2) is 19.1. The molecule has 7 nitrogen and oxygen atoms in total. The lowest BCUT2D eigenvalue weighted by molar-refractivity contribution is -0.374. The van der Waals surface area contributed by atoms with Crippen LogP contribution < -0.4 is 0 Å². The van der Waals surface area contributed by atoms with Crippen LogP contribution in [-0.2, 0) is 0 Å². The van der Waals surface area contributed by atoms with E-state index in [1.165, 1.54) is 0 Å². The van der Waals surface area contributed by atoms with Gasteiger partial charge in [0.1, 0.15) is 0 Å². The van der Waals surface area contributed by atoms with Crippen molar-refractivity contribution < 1.29 is 4.92 Å². The van der Waals surface area contributed by atoms with Crippen LogP contribution >= 0.6 is 0 Å². The summed E-state index contributed by atoms with van der Waals surface area (Å²) in [5.41, 5.74) is 19.1. The van der Waals surface area contributed by atoms with E-state index in [1.54, 1.807) is 6.08 Å². The normalized spacial score (nSPS) is 11.9. The fraction of sp³-hybridized carbons (Fsp3) is 0. The fourth-order valence-corrected chi connectivity index (χ4v) is 10.9. The maximum atomic E-state index is 14.1. The number of aromatic nitrogens is 4. The summed E-state index contributed by atoms with van der Waals surface area (Å²) in [7, 11) is 0. The minimum atomic E-state index is -0.290. The number of nitrogens with one attached hydrogen (secondary N) is 2. The first-order valence-electron chi connectivity index (χ1n) is 25.0. The number of fused-ring (bicyclic) bond motifs is 8. The zero-order chi connectivity index (χ0) is 50.2. The topological polar surface area (TPSA) is 100 Å². The molecule has 0 unspecified atom stereocenters. The van der Waals surface area contributed by atoms with Gasteiger partial charge in [0.25, 0.3) is 5.70 Å². The second-order valence-electron chi connectivity index (χ2n) is 18.5. The lowest BCUT2D eigenvalue weighted by Crippen LogP contribution is -1.98. The van der Waals surface area contributed by atoms with Crippen LogP contribution in [-0.4, -0.2) is 24.9 Å². The molecule has 11 aromatic rings. The maximum Gasteiger partial charge on any atom is 0.297 e. The molecule has 2 aliphatic heterocycles. The highest BCUT2D eigenvalue weighted by atomic mass is 16.6. The molecule has 0 spiro atoms. The molecule has 8 aromatic carbocycles. The smallest absolute Gasteiger partial charge is 0.297 e. The summed E-state index contributed by atoms with van der Waals surface area (Å²) in [6, 6.07) is 82.3. The summed E-state index contributed by atoms with van der Waals surface area (Å²) in [5, 5.41) is 14.1. The van der Waals surface area contributed by atoms with Crippen molar-refractivity contribution in [2.45, 2.75) is 0 Å². The van der Waals surface area contributed by atoms with Crippen molar-refractivity contribution in [3.63, 3.8) is 0 Å². The van der Waals surface area contributed by atoms with Crippen molar-refractivity contribution >= 4 is 46.0 Å². The van der Waals surface area contributed by atoms with E-state index in [9.17, 15) is 10.1 Å². The molecule has 0 amide bonds. The number of H-pyrrole nitrogens is 2. The Balaban J connectivity index is 1.39. The van der Waals surface area contributed by atoms with Crippen LogP contribution in [0.25, 0.3) is 135 Å². The van der Waals surface area contributed by atoms with Crippen LogP contribution in [0.2, 0.25) is 0 Å². The summed E-state index contributed by atoms with van der Waals surface area (Å²) < 4.78 is 0. The van der Waals surface area contributed by atoms with Gasteiger partial charge in [-0.05, 0) is 56.7 Å². The van der Waals surface area contributed by atoms with Crippen molar-refractivity contribution in [2.24, 2.45) is 0 Å². The number of aromatic amines is 2. The van der Waals surface area contributed by atoms with Gasteiger partial charge in [-0.15, -0.1) is 0 Å². The number of nitrogens with zero attached hydrogens (tertiary/aromatic N) is 3. The van der Waals surface area contributed by atoms with Gasteiger partial charge in [0, 0.05) is 50.6 Å². The number of rotatable bonds is 9. The summed E-state index contributed by atoms with van der Waals surface area (Å²) >= 11 is 0. The molecule has 0 saturated carbocycles. The minimum absolute atomic E-state index is 0.125. The second-order valence-corrected chi connectivity index (χ2v) is 18.5. The molecule has 0 saturated heterocycles. The fourth-order valence-electron chi connectivity index (χ4n) is 10.9. The zero-order valence-corrected chi connectivity index (χ0v) is 40.5. The van der Waals surface area contributed by atoms with Crippen LogP contribution in [0.5, 0.6) is 0 Å².